The fourth-order valence-electron chi connectivity index (χ4n) is 3.03. The largest absolute Gasteiger partial charge is 0.506 e. The number of phenols is 1. The number of carbonyl (C=O) groups is 1. The van der Waals surface area contributed by atoms with Gasteiger partial charge in [0.15, 0.2) is 5.75 Å². The number of carbonyl (C=O) groups excluding carboxylic acids is 1. The van der Waals surface area contributed by atoms with Crippen molar-refractivity contribution >= 4 is 68.8 Å². The van der Waals surface area contributed by atoms with Crippen LogP contribution in [0, 0.1) is 0 Å². The molecule has 1 amide bonds. The standard InChI is InChI=1S/C23H13Cl4NO3/c24-13-6-8-19(31-20-7-5-12-3-1-2-4-15(12)21(20)27)18(11-13)28-23(30)16-9-14(25)10-17(26)22(16)29/h1-11,29H,(H,28,30). The zero-order valence-electron chi connectivity index (χ0n) is 15.6. The van der Waals surface area contributed by atoms with Gasteiger partial charge in [0.1, 0.15) is 11.5 Å². The minimum atomic E-state index is -0.640. The molecule has 8 heteroatoms. The van der Waals surface area contributed by atoms with Gasteiger partial charge in [0.25, 0.3) is 5.91 Å². The molecule has 4 aromatic carbocycles. The number of benzene rings is 4. The summed E-state index contributed by atoms with van der Waals surface area (Å²) in [7, 11) is 0. The first kappa shape index (κ1) is 21.6. The summed E-state index contributed by atoms with van der Waals surface area (Å²) in [6.45, 7) is 0. The van der Waals surface area contributed by atoms with Crippen molar-refractivity contribution in [3.05, 3.63) is 92.4 Å². The average molecular weight is 493 g/mol. The zero-order valence-corrected chi connectivity index (χ0v) is 18.7. The topological polar surface area (TPSA) is 58.6 Å². The maximum Gasteiger partial charge on any atom is 0.259 e. The molecule has 0 spiro atoms. The molecule has 0 atom stereocenters. The number of amides is 1. The third kappa shape index (κ3) is 4.53. The summed E-state index contributed by atoms with van der Waals surface area (Å²) in [5.41, 5.74) is 0.185. The van der Waals surface area contributed by atoms with Gasteiger partial charge < -0.3 is 15.2 Å². The summed E-state index contributed by atoms with van der Waals surface area (Å²) in [6, 6.07) is 18.7. The molecule has 0 saturated carbocycles. The number of anilines is 1. The van der Waals surface area contributed by atoms with E-state index in [0.717, 1.165) is 10.8 Å². The van der Waals surface area contributed by atoms with E-state index in [4.69, 9.17) is 51.1 Å². The van der Waals surface area contributed by atoms with Gasteiger partial charge in [-0.25, -0.2) is 0 Å². The van der Waals surface area contributed by atoms with Crippen molar-refractivity contribution in [1.29, 1.82) is 0 Å². The first-order valence-electron chi connectivity index (χ1n) is 8.97. The molecule has 4 aromatic rings. The lowest BCUT2D eigenvalue weighted by molar-refractivity contribution is 0.102. The number of fused-ring (bicyclic) bond motifs is 1. The lowest BCUT2D eigenvalue weighted by atomic mass is 10.1. The molecular formula is C23H13Cl4NO3. The van der Waals surface area contributed by atoms with Gasteiger partial charge >= 0.3 is 0 Å². The van der Waals surface area contributed by atoms with E-state index in [9.17, 15) is 9.90 Å². The van der Waals surface area contributed by atoms with Crippen LogP contribution < -0.4 is 10.1 Å². The molecule has 4 rings (SSSR count). The Kier molecular flexibility index (Phi) is 6.17. The van der Waals surface area contributed by atoms with Gasteiger partial charge in [0, 0.05) is 15.4 Å². The smallest absolute Gasteiger partial charge is 0.259 e. The van der Waals surface area contributed by atoms with Crippen LogP contribution in [0.15, 0.2) is 66.7 Å². The number of rotatable bonds is 4. The summed E-state index contributed by atoms with van der Waals surface area (Å²) >= 11 is 24.5. The molecule has 156 valence electrons. The highest BCUT2D eigenvalue weighted by molar-refractivity contribution is 6.37. The SMILES string of the molecule is O=C(Nc1cc(Cl)ccc1Oc1ccc2ccccc2c1Cl)c1cc(Cl)cc(Cl)c1O. The van der Waals surface area contributed by atoms with Crippen LogP contribution in [0.3, 0.4) is 0 Å². The molecule has 0 heterocycles. The van der Waals surface area contributed by atoms with Crippen LogP contribution in [0.1, 0.15) is 10.4 Å². The number of phenolic OH excluding ortho intramolecular Hbond substituents is 1. The molecule has 4 nitrogen and oxygen atoms in total. The molecule has 0 unspecified atom stereocenters. The molecule has 0 aliphatic carbocycles. The maximum atomic E-state index is 12.8. The molecule has 0 radical (unpaired) electrons. The van der Waals surface area contributed by atoms with Crippen molar-refractivity contribution in [3.63, 3.8) is 0 Å². The summed E-state index contributed by atoms with van der Waals surface area (Å²) < 4.78 is 6.00. The van der Waals surface area contributed by atoms with Crippen LogP contribution in [0.5, 0.6) is 17.2 Å². The van der Waals surface area contributed by atoms with E-state index in [0.29, 0.717) is 21.5 Å². The minimum Gasteiger partial charge on any atom is -0.506 e. The number of halogens is 4. The van der Waals surface area contributed by atoms with Gasteiger partial charge in [-0.15, -0.1) is 0 Å². The maximum absolute atomic E-state index is 12.8. The van der Waals surface area contributed by atoms with Crippen molar-refractivity contribution in [2.24, 2.45) is 0 Å². The highest BCUT2D eigenvalue weighted by Crippen LogP contribution is 2.39. The Labute approximate surface area is 197 Å². The highest BCUT2D eigenvalue weighted by Gasteiger charge is 2.18. The fourth-order valence-corrected chi connectivity index (χ4v) is 3.97. The normalized spacial score (nSPS) is 10.8. The quantitative estimate of drug-likeness (QED) is 0.301. The minimum absolute atomic E-state index is 0.0387. The van der Waals surface area contributed by atoms with Gasteiger partial charge in [-0.1, -0.05) is 76.7 Å². The van der Waals surface area contributed by atoms with E-state index in [1.165, 1.54) is 18.2 Å². The molecule has 2 N–H and O–H groups in total. The lowest BCUT2D eigenvalue weighted by Crippen LogP contribution is -2.13. The highest BCUT2D eigenvalue weighted by atomic mass is 35.5. The van der Waals surface area contributed by atoms with Crippen LogP contribution in [-0.2, 0) is 0 Å². The first-order chi connectivity index (χ1) is 14.8. The van der Waals surface area contributed by atoms with Crippen molar-refractivity contribution in [2.45, 2.75) is 0 Å². The Bertz CT molecular complexity index is 1320. The number of hydrogen-bond acceptors (Lipinski definition) is 3. The van der Waals surface area contributed by atoms with Crippen LogP contribution in [0.4, 0.5) is 5.69 Å². The number of nitrogens with one attached hydrogen (secondary N) is 1. The summed E-state index contributed by atoms with van der Waals surface area (Å²) in [6.07, 6.45) is 0. The predicted molar refractivity (Wildman–Crippen MR) is 127 cm³/mol. The Balaban J connectivity index is 1.69. The lowest BCUT2D eigenvalue weighted by Gasteiger charge is -2.15. The molecule has 31 heavy (non-hydrogen) atoms. The molecule has 0 aromatic heterocycles. The van der Waals surface area contributed by atoms with Crippen LogP contribution >= 0.6 is 46.4 Å². The van der Waals surface area contributed by atoms with Crippen LogP contribution in [-0.4, -0.2) is 11.0 Å². The second-order valence-corrected chi connectivity index (χ2v) is 8.24. The van der Waals surface area contributed by atoms with E-state index < -0.39 is 5.91 Å². The second-order valence-electron chi connectivity index (χ2n) is 6.58. The van der Waals surface area contributed by atoms with Crippen LogP contribution in [0.25, 0.3) is 10.8 Å². The summed E-state index contributed by atoms with van der Waals surface area (Å²) in [4.78, 5) is 12.8. The van der Waals surface area contributed by atoms with Gasteiger partial charge in [-0.05, 0) is 41.8 Å². The average Bonchev–Trinajstić information content (AvgIpc) is 2.74. The van der Waals surface area contributed by atoms with E-state index >= 15 is 0 Å². The van der Waals surface area contributed by atoms with E-state index in [1.54, 1.807) is 18.2 Å². The molecule has 0 aliphatic heterocycles. The Morgan fingerprint density at radius 1 is 0.839 bits per heavy atom. The molecule has 0 saturated heterocycles. The molecular weight excluding hydrogens is 480 g/mol. The predicted octanol–water partition coefficient (Wildman–Crippen LogP) is 8.20. The third-order valence-corrected chi connectivity index (χ3v) is 5.64. The van der Waals surface area contributed by atoms with Crippen molar-refractivity contribution < 1.29 is 14.6 Å². The first-order valence-corrected chi connectivity index (χ1v) is 10.5. The molecule has 0 fully saturated rings. The van der Waals surface area contributed by atoms with Gasteiger partial charge in [-0.3, -0.25) is 4.79 Å². The summed E-state index contributed by atoms with van der Waals surface area (Å²) in [5.74, 6) is -0.307. The summed E-state index contributed by atoms with van der Waals surface area (Å²) in [5, 5.41) is 15.6. The number of aromatic hydroxyl groups is 1. The second kappa shape index (κ2) is 8.85. The van der Waals surface area contributed by atoms with E-state index in [1.807, 2.05) is 30.3 Å². The van der Waals surface area contributed by atoms with Crippen LogP contribution in [0.2, 0.25) is 20.1 Å². The Morgan fingerprint density at radius 3 is 2.39 bits per heavy atom. The van der Waals surface area contributed by atoms with Crippen molar-refractivity contribution in [3.8, 4) is 17.2 Å². The van der Waals surface area contributed by atoms with E-state index in [-0.39, 0.29) is 27.0 Å². The van der Waals surface area contributed by atoms with Crippen molar-refractivity contribution in [2.75, 3.05) is 5.32 Å². The third-order valence-electron chi connectivity index (χ3n) is 4.51. The molecule has 0 bridgehead atoms. The van der Waals surface area contributed by atoms with Gasteiger partial charge in [0.2, 0.25) is 0 Å². The number of hydrogen-bond donors (Lipinski definition) is 2. The Hall–Kier alpha value is -2.63. The molecule has 0 aliphatic rings. The Morgan fingerprint density at radius 2 is 1.58 bits per heavy atom. The monoisotopic (exact) mass is 491 g/mol. The van der Waals surface area contributed by atoms with Gasteiger partial charge in [0.05, 0.1) is 21.3 Å². The number of ether oxygens (including phenoxy) is 1. The van der Waals surface area contributed by atoms with Gasteiger partial charge in [-0.2, -0.15) is 0 Å². The van der Waals surface area contributed by atoms with Crippen molar-refractivity contribution in [1.82, 2.24) is 0 Å². The fraction of sp³-hybridized carbons (Fsp3) is 0. The zero-order chi connectivity index (χ0) is 22.1. The van der Waals surface area contributed by atoms with E-state index in [2.05, 4.69) is 5.32 Å².